The van der Waals surface area contributed by atoms with Crippen LogP contribution in [0.3, 0.4) is 0 Å². The number of nitrogens with two attached hydrogens (primary N) is 1. The molecule has 9 heavy (non-hydrogen) atoms. The highest BCUT2D eigenvalue weighted by Gasteiger charge is 2.05. The van der Waals surface area contributed by atoms with Crippen molar-refractivity contribution in [2.24, 2.45) is 10.7 Å². The quantitative estimate of drug-likeness (QED) is 0.381. The smallest absolute Gasteiger partial charge is 0.134 e. The van der Waals surface area contributed by atoms with Crippen LogP contribution >= 0.6 is 0 Å². The van der Waals surface area contributed by atoms with E-state index in [0.29, 0.717) is 0 Å². The van der Waals surface area contributed by atoms with Gasteiger partial charge in [-0.2, -0.15) is 0 Å². The van der Waals surface area contributed by atoms with Crippen molar-refractivity contribution in [2.75, 3.05) is 20.8 Å². The summed E-state index contributed by atoms with van der Waals surface area (Å²) in [5, 5.41) is 8.94. The van der Waals surface area contributed by atoms with Gasteiger partial charge >= 0.3 is 0 Å². The van der Waals surface area contributed by atoms with Crippen molar-refractivity contribution in [2.45, 2.75) is 6.10 Å². The lowest BCUT2D eigenvalue weighted by molar-refractivity contribution is 0.103. The van der Waals surface area contributed by atoms with Crippen molar-refractivity contribution >= 4 is 5.84 Å². The molecule has 0 aliphatic rings. The van der Waals surface area contributed by atoms with Crippen molar-refractivity contribution < 1.29 is 9.84 Å². The monoisotopic (exact) mass is 132 g/mol. The summed E-state index contributed by atoms with van der Waals surface area (Å²) in [5.74, 6) is 0.205. The minimum Gasteiger partial charge on any atom is -0.385 e. The molecule has 0 rings (SSSR count). The van der Waals surface area contributed by atoms with E-state index in [1.807, 2.05) is 0 Å². The highest BCUT2D eigenvalue weighted by Crippen LogP contribution is 1.82. The van der Waals surface area contributed by atoms with Gasteiger partial charge in [0.05, 0.1) is 6.61 Å². The molecule has 0 aromatic heterocycles. The number of aliphatic hydroxyl groups is 1. The first-order valence-electron chi connectivity index (χ1n) is 2.61. The average molecular weight is 132 g/mol. The number of aliphatic hydroxyl groups excluding tert-OH is 1. The van der Waals surface area contributed by atoms with Crippen LogP contribution in [-0.4, -0.2) is 37.8 Å². The molecule has 1 atom stereocenters. The molecular formula is C5H12N2O2. The van der Waals surface area contributed by atoms with Gasteiger partial charge in [0.1, 0.15) is 11.9 Å². The normalized spacial score (nSPS) is 15.7. The summed E-state index contributed by atoms with van der Waals surface area (Å²) in [6.07, 6.45) is -0.764. The molecule has 0 aromatic rings. The standard InChI is InChI=1S/C5H12N2O2/c1-7-5(6)4(8)3-9-2/h4,8H,3H2,1-2H3,(H2,6,7). The maximum Gasteiger partial charge on any atom is 0.134 e. The van der Waals surface area contributed by atoms with Crippen LogP contribution in [0.25, 0.3) is 0 Å². The van der Waals surface area contributed by atoms with E-state index in [1.54, 1.807) is 0 Å². The topological polar surface area (TPSA) is 67.8 Å². The predicted molar refractivity (Wildman–Crippen MR) is 35.4 cm³/mol. The Kier molecular flexibility index (Phi) is 4.00. The zero-order valence-electron chi connectivity index (χ0n) is 5.66. The molecule has 4 nitrogen and oxygen atoms in total. The lowest BCUT2D eigenvalue weighted by atomic mass is 10.3. The Morgan fingerprint density at radius 2 is 2.44 bits per heavy atom. The maximum absolute atomic E-state index is 8.94. The highest BCUT2D eigenvalue weighted by molar-refractivity contribution is 5.84. The molecule has 0 aliphatic heterocycles. The highest BCUT2D eigenvalue weighted by atomic mass is 16.5. The first-order chi connectivity index (χ1) is 4.22. The molecule has 0 saturated heterocycles. The third-order valence-electron chi connectivity index (χ3n) is 0.924. The molecule has 0 heterocycles. The van der Waals surface area contributed by atoms with E-state index in [4.69, 9.17) is 10.8 Å². The Labute approximate surface area is 54.3 Å². The van der Waals surface area contributed by atoms with E-state index in [9.17, 15) is 0 Å². The largest absolute Gasteiger partial charge is 0.385 e. The number of methoxy groups -OCH3 is 1. The first-order valence-corrected chi connectivity index (χ1v) is 2.61. The number of aliphatic imine (C=N–C) groups is 1. The van der Waals surface area contributed by atoms with Gasteiger partial charge in [0.15, 0.2) is 0 Å². The van der Waals surface area contributed by atoms with Crippen molar-refractivity contribution in [3.05, 3.63) is 0 Å². The molecule has 0 fully saturated rings. The SMILES string of the molecule is CN=C(N)C(O)COC. The Morgan fingerprint density at radius 1 is 1.89 bits per heavy atom. The molecule has 0 aliphatic carbocycles. The van der Waals surface area contributed by atoms with Crippen molar-refractivity contribution in [1.29, 1.82) is 0 Å². The molecule has 3 N–H and O–H groups in total. The number of ether oxygens (including phenoxy) is 1. The van der Waals surface area contributed by atoms with Gasteiger partial charge in [0.25, 0.3) is 0 Å². The molecule has 4 heteroatoms. The van der Waals surface area contributed by atoms with E-state index in [1.165, 1.54) is 14.2 Å². The predicted octanol–water partition coefficient (Wildman–Crippen LogP) is -1.02. The van der Waals surface area contributed by atoms with E-state index in [-0.39, 0.29) is 12.4 Å². The second-order valence-corrected chi connectivity index (χ2v) is 1.62. The van der Waals surface area contributed by atoms with E-state index in [0.717, 1.165) is 0 Å². The molecule has 0 saturated carbocycles. The molecular weight excluding hydrogens is 120 g/mol. The van der Waals surface area contributed by atoms with Crippen LogP contribution in [0.15, 0.2) is 4.99 Å². The summed E-state index contributed by atoms with van der Waals surface area (Å²) in [4.78, 5) is 3.57. The summed E-state index contributed by atoms with van der Waals surface area (Å²) in [5.41, 5.74) is 5.22. The lowest BCUT2D eigenvalue weighted by Gasteiger charge is -2.06. The van der Waals surface area contributed by atoms with Crippen LogP contribution < -0.4 is 5.73 Å². The van der Waals surface area contributed by atoms with Crippen molar-refractivity contribution in [3.8, 4) is 0 Å². The van der Waals surface area contributed by atoms with E-state index in [2.05, 4.69) is 9.73 Å². The molecule has 0 bridgehead atoms. The van der Waals surface area contributed by atoms with Crippen LogP contribution in [0, 0.1) is 0 Å². The molecule has 54 valence electrons. The number of amidine groups is 1. The molecule has 0 aromatic carbocycles. The summed E-state index contributed by atoms with van der Waals surface area (Å²) in [6, 6.07) is 0. The third kappa shape index (κ3) is 3.05. The van der Waals surface area contributed by atoms with Crippen LogP contribution in [0.4, 0.5) is 0 Å². The van der Waals surface area contributed by atoms with Crippen LogP contribution in [0.1, 0.15) is 0 Å². The Hall–Kier alpha value is -0.610. The van der Waals surface area contributed by atoms with Crippen molar-refractivity contribution in [1.82, 2.24) is 0 Å². The van der Waals surface area contributed by atoms with E-state index >= 15 is 0 Å². The summed E-state index contributed by atoms with van der Waals surface area (Å²) in [6.45, 7) is 0.198. The number of nitrogens with zero attached hydrogens (tertiary/aromatic N) is 1. The number of rotatable bonds is 3. The second-order valence-electron chi connectivity index (χ2n) is 1.62. The van der Waals surface area contributed by atoms with Crippen LogP contribution in [0.2, 0.25) is 0 Å². The lowest BCUT2D eigenvalue weighted by Crippen LogP contribution is -2.32. The van der Waals surface area contributed by atoms with Gasteiger partial charge in [0.2, 0.25) is 0 Å². The van der Waals surface area contributed by atoms with Crippen molar-refractivity contribution in [3.63, 3.8) is 0 Å². The number of hydrogen-bond acceptors (Lipinski definition) is 3. The zero-order valence-corrected chi connectivity index (χ0v) is 5.66. The Balaban J connectivity index is 3.59. The first kappa shape index (κ1) is 8.39. The zero-order chi connectivity index (χ0) is 7.28. The van der Waals surface area contributed by atoms with Gasteiger partial charge in [-0.3, -0.25) is 4.99 Å². The minimum absolute atomic E-state index is 0.198. The Morgan fingerprint density at radius 3 is 2.78 bits per heavy atom. The molecule has 0 amide bonds. The van der Waals surface area contributed by atoms with Crippen LogP contribution in [-0.2, 0) is 4.74 Å². The maximum atomic E-state index is 8.94. The fraction of sp³-hybridized carbons (Fsp3) is 0.800. The summed E-state index contributed by atoms with van der Waals surface area (Å²) in [7, 11) is 3.01. The number of hydrogen-bond donors (Lipinski definition) is 2. The molecule has 0 spiro atoms. The fourth-order valence-electron chi connectivity index (χ4n) is 0.392. The third-order valence-corrected chi connectivity index (χ3v) is 0.924. The van der Waals surface area contributed by atoms with Gasteiger partial charge in [-0.25, -0.2) is 0 Å². The minimum atomic E-state index is -0.764. The van der Waals surface area contributed by atoms with Gasteiger partial charge in [-0.15, -0.1) is 0 Å². The fourth-order valence-corrected chi connectivity index (χ4v) is 0.392. The second kappa shape index (κ2) is 4.29. The Bertz CT molecular complexity index is 103. The van der Waals surface area contributed by atoms with Gasteiger partial charge in [-0.1, -0.05) is 0 Å². The van der Waals surface area contributed by atoms with Crippen LogP contribution in [0.5, 0.6) is 0 Å². The average Bonchev–Trinajstić information content (AvgIpc) is 1.87. The molecule has 1 unspecified atom stereocenters. The summed E-state index contributed by atoms with van der Waals surface area (Å²) >= 11 is 0. The summed E-state index contributed by atoms with van der Waals surface area (Å²) < 4.78 is 4.62. The van der Waals surface area contributed by atoms with Gasteiger partial charge in [-0.05, 0) is 0 Å². The van der Waals surface area contributed by atoms with E-state index < -0.39 is 6.10 Å². The molecule has 0 radical (unpaired) electrons. The van der Waals surface area contributed by atoms with Gasteiger partial charge < -0.3 is 15.6 Å². The van der Waals surface area contributed by atoms with Gasteiger partial charge in [0, 0.05) is 14.2 Å².